The van der Waals surface area contributed by atoms with Crippen molar-refractivity contribution in [3.63, 3.8) is 0 Å². The van der Waals surface area contributed by atoms with Crippen LogP contribution in [0.2, 0.25) is 0 Å². The van der Waals surface area contributed by atoms with Gasteiger partial charge in [0.2, 0.25) is 0 Å². The van der Waals surface area contributed by atoms with Crippen molar-refractivity contribution in [3.05, 3.63) is 182 Å². The number of nitro benzene ring substituents is 3. The van der Waals surface area contributed by atoms with Crippen LogP contribution in [0.4, 0.5) is 48.8 Å². The number of carbonyl (C=O) groups excluding carboxylic acids is 3. The second-order valence-corrected chi connectivity index (χ2v) is 35.1. The number of hydrogen-bond acceptors (Lipinski definition) is 36. The maximum atomic E-state index is 15.8. The molecule has 0 spiro atoms. The lowest BCUT2D eigenvalue weighted by atomic mass is 10.1. The molecule has 5 aromatic carbocycles. The van der Waals surface area contributed by atoms with E-state index in [-0.39, 0.29) is 159 Å². The number of non-ortho nitro benzene ring substituents is 3. The van der Waals surface area contributed by atoms with Crippen LogP contribution in [-0.2, 0) is 109 Å². The van der Waals surface area contributed by atoms with Crippen molar-refractivity contribution >= 4 is 112 Å². The van der Waals surface area contributed by atoms with Crippen molar-refractivity contribution < 1.29 is 122 Å². The number of ether oxygens (including phenoxy) is 12. The van der Waals surface area contributed by atoms with Crippen LogP contribution in [0.3, 0.4) is 0 Å². The van der Waals surface area contributed by atoms with Crippen molar-refractivity contribution in [2.75, 3.05) is 116 Å². The topological polar surface area (TPSA) is 517 Å². The Morgan fingerprint density at radius 1 is 0.587 bits per heavy atom. The molecule has 0 bridgehead atoms. The van der Waals surface area contributed by atoms with Crippen molar-refractivity contribution in [1.82, 2.24) is 43.7 Å². The molecule has 126 heavy (non-hydrogen) atoms. The number of rotatable bonds is 40. The largest absolute Gasteiger partial charge is 0.508 e. The molecule has 0 saturated carbocycles. The number of nitrogens with one attached hydrogen (secondary N) is 2. The van der Waals surface area contributed by atoms with Crippen molar-refractivity contribution in [1.29, 1.82) is 0 Å². The van der Waals surface area contributed by atoms with E-state index in [1.807, 2.05) is 57.4 Å². The standard InChI is InChI=1S/C79H95N15O29P2S/c1-49(2)91(50(3)4)124(116-36-29-53-19-25-56(26-20-53)94(102)103)122-65-61(119-73(67(65)120-78(108-7)30-37-110-38-31-78)89-47-84-63-69(80-45-82-71(63)89)86-75(95)112-34-27-51-15-21-54(22-16-51)92(98)99)44-117-125(104,105)123-66-60(43-115-77(97)114-41-42-126(106,107)62-14-10-11-57-58(62)12-9-13-59(57)88(5)6)118-74(68(66)121-79(109-8)32-39-111-40-33-79)90-48-85-64-70(81-46-83-72(64)90)87-76(96)113-35-28-52-17-23-55(24-18-52)93(100)101/h9-26,45-50,60-61,65-68,73-74H,27-44H2,1-8H3,(H,104,105)(H,80,82,86,95)(H,81,83,87,96)/t60-,61-,65-,66-,67-,68-,73-,74-,124?/m1/s1. The summed E-state index contributed by atoms with van der Waals surface area (Å²) in [5.41, 5.74) is 2.30. The molecule has 4 saturated heterocycles. The molecule has 47 heteroatoms. The van der Waals surface area contributed by atoms with Crippen LogP contribution in [0.25, 0.3) is 33.1 Å². The second kappa shape index (κ2) is 41.4. The number of carbonyl (C=O) groups is 3. The van der Waals surface area contributed by atoms with Crippen LogP contribution >= 0.6 is 16.3 Å². The molecule has 0 radical (unpaired) electrons. The number of nitro groups is 3. The summed E-state index contributed by atoms with van der Waals surface area (Å²) in [6.45, 7) is 5.31. The quantitative estimate of drug-likeness (QED) is 0.00802. The second-order valence-electron chi connectivity index (χ2n) is 30.2. The van der Waals surface area contributed by atoms with Gasteiger partial charge in [0.05, 0.1) is 90.9 Å². The maximum absolute atomic E-state index is 15.8. The van der Waals surface area contributed by atoms with Crippen molar-refractivity contribution in [2.45, 2.75) is 150 Å². The summed E-state index contributed by atoms with van der Waals surface area (Å²) in [6, 6.07) is 26.8. The van der Waals surface area contributed by atoms with Gasteiger partial charge >= 0.3 is 26.2 Å². The zero-order valence-electron chi connectivity index (χ0n) is 69.7. The molecule has 44 nitrogen and oxygen atoms in total. The molecule has 13 rings (SSSR count). The number of sulfone groups is 1. The van der Waals surface area contributed by atoms with Gasteiger partial charge in [0.25, 0.3) is 25.6 Å². The van der Waals surface area contributed by atoms with Gasteiger partial charge in [-0.15, -0.1) is 0 Å². The van der Waals surface area contributed by atoms with Gasteiger partial charge in [0, 0.05) is 132 Å². The molecule has 2 unspecified atom stereocenters. The molecule has 4 aromatic heterocycles. The highest BCUT2D eigenvalue weighted by atomic mass is 32.2. The Kier molecular flexibility index (Phi) is 30.5. The SMILES string of the molecule is COC1(O[C@@H]2[C@H](OP(OCCc3ccc([N+](=O)[O-])cc3)N(C(C)C)C(C)C)[C@@H](COP(=O)(O)O[C@H]3[C@@H](OC4(OC)CCOCC4)[C@H](n4cnc5c(NC(=O)OCCc6ccc([N+](=O)[O-])cc6)ncnc54)O[C@@H]3COC(=O)OCCS(=O)(=O)c3cccc4c(N(C)C)cccc34)O[C@H]2n2cnc3c(NC(=O)OCCc4ccc([N+](=O)[O-])cc4)ncnc32)CCOCC1. The average molecular weight is 1810 g/mol. The number of nitrogens with zero attached hydrogens (tertiary/aromatic N) is 13. The van der Waals surface area contributed by atoms with Gasteiger partial charge in [-0.1, -0.05) is 60.7 Å². The predicted octanol–water partition coefficient (Wildman–Crippen LogP) is 11.2. The summed E-state index contributed by atoms with van der Waals surface area (Å²) in [5.74, 6) is -4.01. The highest BCUT2D eigenvalue weighted by molar-refractivity contribution is 7.91. The van der Waals surface area contributed by atoms with Gasteiger partial charge in [-0.25, -0.2) is 61.9 Å². The number of anilines is 3. The molecule has 10 atom stereocenters. The third-order valence-electron chi connectivity index (χ3n) is 21.2. The number of phosphoric acid groups is 1. The Morgan fingerprint density at radius 3 is 1.50 bits per heavy atom. The highest BCUT2D eigenvalue weighted by Crippen LogP contribution is 2.55. The first-order valence-electron chi connectivity index (χ1n) is 40.0. The number of methoxy groups -OCH3 is 2. The fourth-order valence-corrected chi connectivity index (χ4v) is 19.0. The number of fused-ring (bicyclic) bond motifs is 3. The van der Waals surface area contributed by atoms with Crippen LogP contribution in [-0.4, -0.2) is 251 Å². The molecule has 2 amide bonds. The lowest BCUT2D eigenvalue weighted by molar-refractivity contribution is -0.385. The Hall–Kier alpha value is -10.7. The first-order valence-corrected chi connectivity index (χ1v) is 44.3. The zero-order chi connectivity index (χ0) is 89.6. The fraction of sp³-hybridized carbons (Fsp3) is 0.481. The van der Waals surface area contributed by atoms with Crippen LogP contribution in [0.5, 0.6) is 0 Å². The number of aromatic nitrogens is 8. The molecule has 0 aliphatic carbocycles. The lowest BCUT2D eigenvalue weighted by Gasteiger charge is -2.41. The summed E-state index contributed by atoms with van der Waals surface area (Å²) in [4.78, 5) is 115. The van der Waals surface area contributed by atoms with Gasteiger partial charge in [0.15, 0.2) is 67.8 Å². The highest BCUT2D eigenvalue weighted by Gasteiger charge is 2.57. The van der Waals surface area contributed by atoms with Crippen molar-refractivity contribution in [3.8, 4) is 0 Å². The smallest absolute Gasteiger partial charge is 0.449 e. The summed E-state index contributed by atoms with van der Waals surface area (Å²) in [6.07, 6.45) is -10.2. The zero-order valence-corrected chi connectivity index (χ0v) is 72.3. The Balaban J connectivity index is 0.839. The van der Waals surface area contributed by atoms with E-state index in [9.17, 15) is 58.0 Å². The number of hydrogen-bond donors (Lipinski definition) is 3. The summed E-state index contributed by atoms with van der Waals surface area (Å²) in [7, 11) is -5.74. The van der Waals surface area contributed by atoms with E-state index in [2.05, 4.69) is 40.5 Å². The summed E-state index contributed by atoms with van der Waals surface area (Å²) < 4.78 is 150. The van der Waals surface area contributed by atoms with E-state index in [0.717, 1.165) is 18.3 Å². The minimum Gasteiger partial charge on any atom is -0.449 e. The molecule has 4 aliphatic rings. The van der Waals surface area contributed by atoms with Gasteiger partial charge in [0.1, 0.15) is 62.5 Å². The van der Waals surface area contributed by atoms with Gasteiger partial charge < -0.3 is 75.7 Å². The minimum absolute atomic E-state index is 0.0107. The van der Waals surface area contributed by atoms with Gasteiger partial charge in [-0.05, 0) is 62.9 Å². The van der Waals surface area contributed by atoms with Crippen LogP contribution in [0.15, 0.2) is 139 Å². The number of phosphoric ester groups is 1. The normalized spacial score (nSPS) is 20.7. The van der Waals surface area contributed by atoms with E-state index >= 15 is 4.57 Å². The molecular formula is C79H95N15O29P2S. The molecule has 4 fully saturated rings. The third kappa shape index (κ3) is 22.5. The predicted molar refractivity (Wildman–Crippen MR) is 446 cm³/mol. The Bertz CT molecular complexity index is 5470. The minimum atomic E-state index is -5.74. The van der Waals surface area contributed by atoms with Crippen LogP contribution in [0, 0.1) is 30.3 Å². The van der Waals surface area contributed by atoms with E-state index in [4.69, 9.17) is 74.9 Å². The molecular weight excluding hydrogens is 1720 g/mol. The van der Waals surface area contributed by atoms with Crippen molar-refractivity contribution in [2.24, 2.45) is 0 Å². The Morgan fingerprint density at radius 2 is 1.04 bits per heavy atom. The van der Waals surface area contributed by atoms with Crippen LogP contribution < -0.4 is 15.5 Å². The average Bonchev–Trinajstić information content (AvgIpc) is 1.58. The summed E-state index contributed by atoms with van der Waals surface area (Å²) in [5, 5.41) is 40.6. The van der Waals surface area contributed by atoms with Crippen LogP contribution in [0.1, 0.15) is 82.5 Å². The molecule has 676 valence electrons. The molecule has 4 aliphatic heterocycles. The van der Waals surface area contributed by atoms with Gasteiger partial charge in [-0.2, -0.15) is 0 Å². The molecule has 8 heterocycles. The van der Waals surface area contributed by atoms with E-state index in [1.54, 1.807) is 36.4 Å². The molecule has 3 N–H and O–H groups in total. The number of imidazole rings is 2. The van der Waals surface area contributed by atoms with E-state index in [1.165, 1.54) is 103 Å². The van der Waals surface area contributed by atoms with E-state index < -0.39 is 146 Å². The first-order chi connectivity index (χ1) is 60.4. The monoisotopic (exact) mass is 1810 g/mol. The fourth-order valence-electron chi connectivity index (χ4n) is 14.9. The summed E-state index contributed by atoms with van der Waals surface area (Å²) >= 11 is 0. The number of benzene rings is 5. The first kappa shape index (κ1) is 93.0. The number of amides is 2. The Labute approximate surface area is 721 Å². The van der Waals surface area contributed by atoms with E-state index in [0.29, 0.717) is 27.5 Å². The lowest BCUT2D eigenvalue weighted by Crippen LogP contribution is -2.49. The maximum Gasteiger partial charge on any atom is 0.508 e. The third-order valence-corrected chi connectivity index (χ3v) is 26.1. The molecule has 9 aromatic rings. The van der Waals surface area contributed by atoms with Gasteiger partial charge in [-0.3, -0.25) is 59.2 Å².